The van der Waals surface area contributed by atoms with Crippen LogP contribution in [0.1, 0.15) is 11.8 Å². The normalized spacial score (nSPS) is 11.9. The van der Waals surface area contributed by atoms with E-state index in [-0.39, 0.29) is 5.91 Å². The summed E-state index contributed by atoms with van der Waals surface area (Å²) in [6.45, 7) is 5.34. The molecule has 1 unspecified atom stereocenters. The van der Waals surface area contributed by atoms with Crippen molar-refractivity contribution in [2.75, 3.05) is 26.2 Å². The lowest BCUT2D eigenvalue weighted by Crippen LogP contribution is -3.11. The largest absolute Gasteiger partial charge is 0.492 e. The van der Waals surface area contributed by atoms with Gasteiger partial charge in [0.05, 0.1) is 18.0 Å². The predicted octanol–water partition coefficient (Wildman–Crippen LogP) is 2.00. The number of carbonyl (C=O) groups is 1. The topological polar surface area (TPSA) is 42.8 Å². The molecule has 2 rings (SSSR count). The average Bonchev–Trinajstić information content (AvgIpc) is 3.05. The molecule has 1 heterocycles. The Morgan fingerprint density at radius 3 is 2.74 bits per heavy atom. The number of amides is 1. The highest BCUT2D eigenvalue weighted by molar-refractivity contribution is 7.09. The second-order valence-electron chi connectivity index (χ2n) is 5.19. The first-order valence-electron chi connectivity index (χ1n) is 7.68. The van der Waals surface area contributed by atoms with Gasteiger partial charge in [-0.25, -0.2) is 0 Å². The van der Waals surface area contributed by atoms with Gasteiger partial charge in [-0.15, -0.1) is 11.3 Å². The van der Waals surface area contributed by atoms with Crippen LogP contribution in [0, 0.1) is 0 Å². The summed E-state index contributed by atoms with van der Waals surface area (Å²) in [6.07, 6.45) is 0. The Hall–Kier alpha value is -1.56. The van der Waals surface area contributed by atoms with Crippen molar-refractivity contribution in [3.05, 3.63) is 51.7 Å². The molecule has 23 heavy (non-hydrogen) atoms. The minimum absolute atomic E-state index is 0.0538. The average molecular weight is 354 g/mol. The third kappa shape index (κ3) is 6.60. The lowest BCUT2D eigenvalue weighted by atomic mass is 10.3. The number of carbonyl (C=O) groups excluding carboxylic acids is 1. The number of rotatable bonds is 9. The fraction of sp³-hybridized carbons (Fsp3) is 0.353. The first-order chi connectivity index (χ1) is 11.2. The zero-order valence-corrected chi connectivity index (χ0v) is 14.8. The second-order valence-corrected chi connectivity index (χ2v) is 6.66. The first kappa shape index (κ1) is 17.8. The number of likely N-dealkylation sites (N-methyl/N-ethyl adjacent to an activating group) is 1. The van der Waals surface area contributed by atoms with E-state index in [0.717, 1.165) is 18.8 Å². The number of halogens is 1. The molecule has 0 spiro atoms. The van der Waals surface area contributed by atoms with E-state index in [0.29, 0.717) is 24.7 Å². The molecule has 2 N–H and O–H groups in total. The van der Waals surface area contributed by atoms with Crippen molar-refractivity contribution in [1.29, 1.82) is 0 Å². The van der Waals surface area contributed by atoms with Crippen LogP contribution in [0.15, 0.2) is 41.8 Å². The number of ether oxygens (including phenoxy) is 1. The van der Waals surface area contributed by atoms with Crippen LogP contribution in [0.4, 0.5) is 0 Å². The van der Waals surface area contributed by atoms with E-state index in [9.17, 15) is 4.79 Å². The van der Waals surface area contributed by atoms with Gasteiger partial charge in [0.25, 0.3) is 5.91 Å². The highest BCUT2D eigenvalue weighted by Crippen LogP contribution is 2.15. The van der Waals surface area contributed by atoms with Crippen LogP contribution in [0.3, 0.4) is 0 Å². The number of benzene rings is 1. The van der Waals surface area contributed by atoms with Gasteiger partial charge in [0.2, 0.25) is 0 Å². The summed E-state index contributed by atoms with van der Waals surface area (Å²) >= 11 is 7.55. The van der Waals surface area contributed by atoms with Crippen LogP contribution >= 0.6 is 22.9 Å². The number of thiophene rings is 1. The third-order valence-electron chi connectivity index (χ3n) is 3.42. The Morgan fingerprint density at radius 1 is 1.30 bits per heavy atom. The van der Waals surface area contributed by atoms with Gasteiger partial charge in [-0.05, 0) is 42.6 Å². The number of nitrogens with one attached hydrogen (secondary N) is 2. The predicted molar refractivity (Wildman–Crippen MR) is 94.4 cm³/mol. The summed E-state index contributed by atoms with van der Waals surface area (Å²) in [5.41, 5.74) is 0. The van der Waals surface area contributed by atoms with Crippen molar-refractivity contribution < 1.29 is 14.4 Å². The maximum Gasteiger partial charge on any atom is 0.275 e. The molecule has 6 heteroatoms. The molecule has 1 amide bonds. The minimum atomic E-state index is 0.0538. The van der Waals surface area contributed by atoms with Crippen molar-refractivity contribution >= 4 is 28.8 Å². The van der Waals surface area contributed by atoms with Gasteiger partial charge in [-0.1, -0.05) is 17.7 Å². The molecule has 0 fully saturated rings. The molecule has 124 valence electrons. The van der Waals surface area contributed by atoms with Crippen LogP contribution in [0.25, 0.3) is 0 Å². The van der Waals surface area contributed by atoms with Crippen LogP contribution in [0.2, 0.25) is 5.02 Å². The van der Waals surface area contributed by atoms with Crippen molar-refractivity contribution in [2.45, 2.75) is 13.5 Å². The molecule has 0 aliphatic rings. The molecule has 0 radical (unpaired) electrons. The van der Waals surface area contributed by atoms with Crippen molar-refractivity contribution in [1.82, 2.24) is 5.32 Å². The van der Waals surface area contributed by atoms with Gasteiger partial charge in [0.15, 0.2) is 6.54 Å². The van der Waals surface area contributed by atoms with E-state index in [4.69, 9.17) is 16.3 Å². The molecule has 2 aromatic rings. The molecule has 0 aliphatic carbocycles. The lowest BCUT2D eigenvalue weighted by Gasteiger charge is -2.16. The van der Waals surface area contributed by atoms with Gasteiger partial charge in [-0.2, -0.15) is 0 Å². The number of hydrogen-bond acceptors (Lipinski definition) is 3. The summed E-state index contributed by atoms with van der Waals surface area (Å²) in [6, 6.07) is 11.3. The fourth-order valence-corrected chi connectivity index (χ4v) is 3.05. The Kier molecular flexibility index (Phi) is 7.39. The molecule has 1 aromatic carbocycles. The molecule has 1 aromatic heterocycles. The third-order valence-corrected chi connectivity index (χ3v) is 4.55. The Morgan fingerprint density at radius 2 is 2.09 bits per heavy atom. The van der Waals surface area contributed by atoms with E-state index in [1.54, 1.807) is 23.5 Å². The van der Waals surface area contributed by atoms with Crippen molar-refractivity contribution in [3.63, 3.8) is 0 Å². The van der Waals surface area contributed by atoms with E-state index >= 15 is 0 Å². The van der Waals surface area contributed by atoms with Gasteiger partial charge >= 0.3 is 0 Å². The quantitative estimate of drug-likeness (QED) is 0.677. The minimum Gasteiger partial charge on any atom is -0.492 e. The molecular weight excluding hydrogens is 332 g/mol. The van der Waals surface area contributed by atoms with E-state index < -0.39 is 0 Å². The summed E-state index contributed by atoms with van der Waals surface area (Å²) in [5.74, 6) is 0.806. The summed E-state index contributed by atoms with van der Waals surface area (Å²) in [7, 11) is 0. The highest BCUT2D eigenvalue weighted by Gasteiger charge is 2.13. The van der Waals surface area contributed by atoms with E-state index in [1.165, 1.54) is 9.78 Å². The fourth-order valence-electron chi connectivity index (χ4n) is 2.15. The van der Waals surface area contributed by atoms with Crippen LogP contribution < -0.4 is 15.0 Å². The van der Waals surface area contributed by atoms with Gasteiger partial charge in [-0.3, -0.25) is 4.79 Å². The molecule has 1 atom stereocenters. The molecule has 0 saturated heterocycles. The smallest absolute Gasteiger partial charge is 0.275 e. The summed E-state index contributed by atoms with van der Waals surface area (Å²) in [4.78, 5) is 14.6. The maximum absolute atomic E-state index is 12.0. The molecule has 4 nitrogen and oxygen atoms in total. The summed E-state index contributed by atoms with van der Waals surface area (Å²) in [5, 5.41) is 5.65. The molecule has 0 saturated carbocycles. The van der Waals surface area contributed by atoms with E-state index in [2.05, 4.69) is 23.7 Å². The molecular formula is C17H22ClN2O2S+. The van der Waals surface area contributed by atoms with Crippen LogP contribution in [0.5, 0.6) is 5.75 Å². The SMILES string of the molecule is CC[NH+](CC(=O)NCCOc1ccc(Cl)cc1)Cc1cccs1. The van der Waals surface area contributed by atoms with Crippen molar-refractivity contribution in [2.24, 2.45) is 0 Å². The van der Waals surface area contributed by atoms with E-state index in [1.807, 2.05) is 18.2 Å². The standard InChI is InChI=1S/C17H21ClN2O2S/c1-2-20(12-16-4-3-11-23-16)13-17(21)19-9-10-22-15-7-5-14(18)6-8-15/h3-8,11H,2,9-10,12-13H2,1H3,(H,19,21)/p+1. The molecule has 0 bridgehead atoms. The molecule has 0 aliphatic heterocycles. The zero-order chi connectivity index (χ0) is 16.5. The maximum atomic E-state index is 12.0. The number of quaternary nitrogens is 1. The van der Waals surface area contributed by atoms with Gasteiger partial charge in [0, 0.05) is 5.02 Å². The zero-order valence-electron chi connectivity index (χ0n) is 13.2. The van der Waals surface area contributed by atoms with Gasteiger partial charge in [0.1, 0.15) is 18.9 Å². The highest BCUT2D eigenvalue weighted by atomic mass is 35.5. The Balaban J connectivity index is 1.64. The second kappa shape index (κ2) is 9.55. The Bertz CT molecular complexity index is 587. The summed E-state index contributed by atoms with van der Waals surface area (Å²) < 4.78 is 5.55. The monoisotopic (exact) mass is 353 g/mol. The van der Waals surface area contributed by atoms with Gasteiger partial charge < -0.3 is 15.0 Å². The number of hydrogen-bond donors (Lipinski definition) is 2. The Labute approximate surface area is 146 Å². The van der Waals surface area contributed by atoms with Crippen LogP contribution in [-0.2, 0) is 11.3 Å². The first-order valence-corrected chi connectivity index (χ1v) is 8.94. The van der Waals surface area contributed by atoms with Crippen LogP contribution in [-0.4, -0.2) is 32.1 Å². The van der Waals surface area contributed by atoms with Crippen molar-refractivity contribution in [3.8, 4) is 5.75 Å². The lowest BCUT2D eigenvalue weighted by molar-refractivity contribution is -0.903.